The molecule has 1 heterocycles. The van der Waals surface area contributed by atoms with E-state index in [9.17, 15) is 18.3 Å². The number of sulfonamides is 1. The van der Waals surface area contributed by atoms with Crippen molar-refractivity contribution in [1.82, 2.24) is 0 Å². The Bertz CT molecular complexity index is 1350. The van der Waals surface area contributed by atoms with Gasteiger partial charge >= 0.3 is 5.63 Å². The van der Waals surface area contributed by atoms with Gasteiger partial charge in [0.15, 0.2) is 0 Å². The maximum absolute atomic E-state index is 12.4. The van der Waals surface area contributed by atoms with Gasteiger partial charge in [-0.05, 0) is 54.6 Å². The SMILES string of the molecule is O=c1oc2cc(O)ccc2cc1CSc1ccc(NS(=O)(=O)c2ccccc2)cc1. The summed E-state index contributed by atoms with van der Waals surface area (Å²) in [6.45, 7) is 0. The average molecular weight is 440 g/mol. The molecule has 0 atom stereocenters. The zero-order valence-electron chi connectivity index (χ0n) is 15.6. The molecule has 30 heavy (non-hydrogen) atoms. The average Bonchev–Trinajstić information content (AvgIpc) is 2.74. The van der Waals surface area contributed by atoms with Crippen LogP contribution < -0.4 is 10.3 Å². The van der Waals surface area contributed by atoms with Crippen LogP contribution in [0.1, 0.15) is 5.56 Å². The Balaban J connectivity index is 1.45. The number of rotatable bonds is 6. The van der Waals surface area contributed by atoms with Gasteiger partial charge in [-0.25, -0.2) is 13.2 Å². The van der Waals surface area contributed by atoms with Crippen molar-refractivity contribution < 1.29 is 17.9 Å². The number of aromatic hydroxyl groups is 1. The molecule has 0 spiro atoms. The van der Waals surface area contributed by atoms with Gasteiger partial charge in [0, 0.05) is 33.4 Å². The Hall–Kier alpha value is -3.23. The van der Waals surface area contributed by atoms with Crippen LogP contribution in [0.15, 0.2) is 97.9 Å². The highest BCUT2D eigenvalue weighted by Crippen LogP contribution is 2.26. The van der Waals surface area contributed by atoms with Crippen LogP contribution in [-0.4, -0.2) is 13.5 Å². The lowest BCUT2D eigenvalue weighted by molar-refractivity contribution is 0.473. The van der Waals surface area contributed by atoms with Crippen molar-refractivity contribution in [1.29, 1.82) is 0 Å². The zero-order chi connectivity index (χ0) is 21.1. The second-order valence-corrected chi connectivity index (χ2v) is 9.24. The highest BCUT2D eigenvalue weighted by molar-refractivity contribution is 7.98. The van der Waals surface area contributed by atoms with Gasteiger partial charge in [-0.2, -0.15) is 0 Å². The smallest absolute Gasteiger partial charge is 0.340 e. The van der Waals surface area contributed by atoms with Crippen LogP contribution in [0.25, 0.3) is 11.0 Å². The lowest BCUT2D eigenvalue weighted by Gasteiger charge is -2.09. The van der Waals surface area contributed by atoms with Gasteiger partial charge in [0.1, 0.15) is 11.3 Å². The van der Waals surface area contributed by atoms with Crippen molar-refractivity contribution in [2.24, 2.45) is 0 Å². The summed E-state index contributed by atoms with van der Waals surface area (Å²) in [6, 6.07) is 21.5. The summed E-state index contributed by atoms with van der Waals surface area (Å²) in [5, 5.41) is 10.2. The van der Waals surface area contributed by atoms with Crippen LogP contribution in [0.3, 0.4) is 0 Å². The lowest BCUT2D eigenvalue weighted by Crippen LogP contribution is -2.12. The van der Waals surface area contributed by atoms with Crippen LogP contribution in [0.2, 0.25) is 0 Å². The Kier molecular flexibility index (Phi) is 5.52. The number of nitrogens with one attached hydrogen (secondary N) is 1. The van der Waals surface area contributed by atoms with E-state index in [0.717, 1.165) is 10.3 Å². The predicted molar refractivity (Wildman–Crippen MR) is 117 cm³/mol. The van der Waals surface area contributed by atoms with Crippen LogP contribution >= 0.6 is 11.8 Å². The van der Waals surface area contributed by atoms with Crippen molar-refractivity contribution in [2.75, 3.05) is 4.72 Å². The van der Waals surface area contributed by atoms with E-state index in [1.807, 2.05) is 0 Å². The molecule has 0 aliphatic rings. The largest absolute Gasteiger partial charge is 0.508 e. The molecular weight excluding hydrogens is 422 g/mol. The van der Waals surface area contributed by atoms with Crippen LogP contribution in [0.5, 0.6) is 5.75 Å². The molecule has 0 fully saturated rings. The molecule has 0 saturated carbocycles. The zero-order valence-corrected chi connectivity index (χ0v) is 17.2. The van der Waals surface area contributed by atoms with Gasteiger partial charge in [-0.3, -0.25) is 4.72 Å². The number of thioether (sulfide) groups is 1. The topological polar surface area (TPSA) is 96.6 Å². The number of fused-ring (bicyclic) bond motifs is 1. The molecule has 0 aliphatic carbocycles. The van der Waals surface area contributed by atoms with Crippen molar-refractivity contribution in [3.8, 4) is 5.75 Å². The van der Waals surface area contributed by atoms with Crippen LogP contribution in [-0.2, 0) is 15.8 Å². The summed E-state index contributed by atoms with van der Waals surface area (Å²) in [6.07, 6.45) is 0. The Labute approximate surface area is 177 Å². The third-order valence-corrected chi connectivity index (χ3v) is 6.80. The van der Waals surface area contributed by atoms with E-state index in [-0.39, 0.29) is 10.6 Å². The van der Waals surface area contributed by atoms with Crippen molar-refractivity contribution in [2.45, 2.75) is 15.5 Å². The van der Waals surface area contributed by atoms with Crippen LogP contribution in [0.4, 0.5) is 5.69 Å². The van der Waals surface area contributed by atoms with E-state index >= 15 is 0 Å². The van der Waals surface area contributed by atoms with Gasteiger partial charge in [0.05, 0.1) is 4.90 Å². The molecule has 0 bridgehead atoms. The predicted octanol–water partition coefficient (Wildman–Crippen LogP) is 4.59. The van der Waals surface area contributed by atoms with Crippen LogP contribution in [0, 0.1) is 0 Å². The number of hydrogen-bond donors (Lipinski definition) is 2. The second kappa shape index (κ2) is 8.25. The minimum atomic E-state index is -3.64. The highest BCUT2D eigenvalue weighted by Gasteiger charge is 2.13. The van der Waals surface area contributed by atoms with Crippen molar-refractivity contribution in [3.63, 3.8) is 0 Å². The summed E-state index contributed by atoms with van der Waals surface area (Å²) in [4.78, 5) is 13.2. The fraction of sp³-hybridized carbons (Fsp3) is 0.0455. The minimum Gasteiger partial charge on any atom is -0.508 e. The molecule has 1 aromatic heterocycles. The van der Waals surface area contributed by atoms with E-state index in [2.05, 4.69) is 4.72 Å². The minimum absolute atomic E-state index is 0.0377. The number of benzene rings is 3. The fourth-order valence-electron chi connectivity index (χ4n) is 2.84. The Morgan fingerprint density at radius 3 is 2.40 bits per heavy atom. The summed E-state index contributed by atoms with van der Waals surface area (Å²) in [5.74, 6) is 0.435. The van der Waals surface area contributed by atoms with Gasteiger partial charge in [0.2, 0.25) is 0 Å². The first-order valence-electron chi connectivity index (χ1n) is 8.97. The van der Waals surface area contributed by atoms with Crippen molar-refractivity contribution in [3.05, 3.63) is 94.8 Å². The number of hydrogen-bond acceptors (Lipinski definition) is 6. The third-order valence-electron chi connectivity index (χ3n) is 4.35. The summed E-state index contributed by atoms with van der Waals surface area (Å²) >= 11 is 1.44. The third kappa shape index (κ3) is 4.50. The molecule has 6 nitrogen and oxygen atoms in total. The maximum Gasteiger partial charge on any atom is 0.340 e. The van der Waals surface area contributed by atoms with E-state index < -0.39 is 15.6 Å². The standard InChI is InChI=1S/C22H17NO5S2/c24-18-9-6-15-12-16(22(25)28-21(15)13-18)14-29-19-10-7-17(8-11-19)23-30(26,27)20-4-2-1-3-5-20/h1-13,23-24H,14H2. The molecule has 0 amide bonds. The molecular formula is C22H17NO5S2. The maximum atomic E-state index is 12.4. The van der Waals surface area contributed by atoms with E-state index in [4.69, 9.17) is 4.42 Å². The molecule has 4 aromatic rings. The van der Waals surface area contributed by atoms with Gasteiger partial charge in [0.25, 0.3) is 10.0 Å². The Morgan fingerprint density at radius 1 is 0.933 bits per heavy atom. The summed E-state index contributed by atoms with van der Waals surface area (Å²) in [5.41, 5.74) is 0.844. The highest BCUT2D eigenvalue weighted by atomic mass is 32.2. The number of phenols is 1. The Morgan fingerprint density at radius 2 is 1.67 bits per heavy atom. The molecule has 0 aliphatic heterocycles. The molecule has 0 saturated heterocycles. The van der Waals surface area contributed by atoms with Gasteiger partial charge in [-0.1, -0.05) is 18.2 Å². The molecule has 0 radical (unpaired) electrons. The summed E-state index contributed by atoms with van der Waals surface area (Å²) in [7, 11) is -3.64. The first-order valence-corrected chi connectivity index (χ1v) is 11.4. The number of anilines is 1. The molecule has 8 heteroatoms. The molecule has 152 valence electrons. The summed E-state index contributed by atoms with van der Waals surface area (Å²) < 4.78 is 32.6. The molecule has 4 rings (SSSR count). The van der Waals surface area contributed by atoms with E-state index in [1.54, 1.807) is 54.6 Å². The van der Waals surface area contributed by atoms with Gasteiger partial charge in [-0.15, -0.1) is 11.8 Å². The van der Waals surface area contributed by atoms with Gasteiger partial charge < -0.3 is 9.52 Å². The quantitative estimate of drug-likeness (QED) is 0.337. The number of phenolic OH excluding ortho intramolecular Hbond substituents is 1. The molecule has 0 unspecified atom stereocenters. The fourth-order valence-corrected chi connectivity index (χ4v) is 4.77. The molecule has 2 N–H and O–H groups in total. The molecule has 3 aromatic carbocycles. The first kappa shape index (κ1) is 20.1. The second-order valence-electron chi connectivity index (χ2n) is 6.51. The van der Waals surface area contributed by atoms with E-state index in [1.165, 1.54) is 36.0 Å². The first-order chi connectivity index (χ1) is 14.4. The lowest BCUT2D eigenvalue weighted by atomic mass is 10.2. The normalized spacial score (nSPS) is 11.5. The monoisotopic (exact) mass is 439 g/mol. The van der Waals surface area contributed by atoms with Crippen molar-refractivity contribution >= 4 is 38.4 Å². The van der Waals surface area contributed by atoms with E-state index in [0.29, 0.717) is 22.6 Å².